The van der Waals surface area contributed by atoms with Gasteiger partial charge in [0.15, 0.2) is 5.82 Å². The summed E-state index contributed by atoms with van der Waals surface area (Å²) in [6.07, 6.45) is 21.6. The molecule has 1 rings (SSSR count). The van der Waals surface area contributed by atoms with Crippen LogP contribution in [0, 0.1) is 0 Å². The quantitative estimate of drug-likeness (QED) is 0.318. The number of aromatic amines is 1. The summed E-state index contributed by atoms with van der Waals surface area (Å²) in [5.74, 6) is 0.477. The van der Waals surface area contributed by atoms with E-state index in [4.69, 9.17) is 0 Å². The largest absolute Gasteiger partial charge is 0.385 e. The molecule has 0 aromatic carbocycles. The van der Waals surface area contributed by atoms with Crippen molar-refractivity contribution in [2.75, 3.05) is 0 Å². The van der Waals surface area contributed by atoms with Crippen LogP contribution in [0.2, 0.25) is 0 Å². The van der Waals surface area contributed by atoms with Crippen LogP contribution in [0.25, 0.3) is 0 Å². The van der Waals surface area contributed by atoms with Gasteiger partial charge in [-0.1, -0.05) is 76.9 Å². The van der Waals surface area contributed by atoms with Crippen LogP contribution in [0.3, 0.4) is 0 Å². The molecule has 0 saturated carbocycles. The summed E-state index contributed by atoms with van der Waals surface area (Å²) in [4.78, 5) is 0. The fraction of sp³-hybridized carbons (Fsp3) is 0.842. The third-order valence-electron chi connectivity index (χ3n) is 4.42. The van der Waals surface area contributed by atoms with E-state index in [0.717, 1.165) is 12.8 Å². The van der Waals surface area contributed by atoms with Gasteiger partial charge in [-0.15, -0.1) is 5.10 Å². The molecule has 0 fully saturated rings. The van der Waals surface area contributed by atoms with Gasteiger partial charge in [0.1, 0.15) is 6.10 Å². The van der Waals surface area contributed by atoms with Crippen LogP contribution in [0.5, 0.6) is 0 Å². The van der Waals surface area contributed by atoms with Crippen molar-refractivity contribution in [3.8, 4) is 0 Å². The van der Waals surface area contributed by atoms with E-state index in [1.165, 1.54) is 77.0 Å². The van der Waals surface area contributed by atoms with Crippen LogP contribution >= 0.6 is 0 Å². The average Bonchev–Trinajstić information content (AvgIpc) is 3.13. The van der Waals surface area contributed by atoms with Gasteiger partial charge in [0, 0.05) is 0 Å². The Bertz CT molecular complexity index is 392. The average molecular weight is 337 g/mol. The molecule has 138 valence electrons. The number of nitrogens with zero attached hydrogens (tertiary/aromatic N) is 3. The van der Waals surface area contributed by atoms with Crippen LogP contribution in [0.15, 0.2) is 12.2 Å². The highest BCUT2D eigenvalue weighted by molar-refractivity contribution is 4.83. The van der Waals surface area contributed by atoms with Gasteiger partial charge in [-0.3, -0.25) is 0 Å². The van der Waals surface area contributed by atoms with Crippen molar-refractivity contribution >= 4 is 0 Å². The summed E-state index contributed by atoms with van der Waals surface area (Å²) in [6, 6.07) is 0. The van der Waals surface area contributed by atoms with Gasteiger partial charge in [0.05, 0.1) is 0 Å². The van der Waals surface area contributed by atoms with Crippen molar-refractivity contribution in [2.45, 2.75) is 103 Å². The molecule has 5 nitrogen and oxygen atoms in total. The minimum absolute atomic E-state index is 0.477. The maximum atomic E-state index is 9.83. The van der Waals surface area contributed by atoms with Gasteiger partial charge < -0.3 is 5.11 Å². The van der Waals surface area contributed by atoms with Crippen molar-refractivity contribution in [1.82, 2.24) is 20.6 Å². The molecule has 0 bridgehead atoms. The molecule has 0 aliphatic heterocycles. The Kier molecular flexibility index (Phi) is 13.3. The lowest BCUT2D eigenvalue weighted by Crippen LogP contribution is -2.00. The monoisotopic (exact) mass is 336 g/mol. The number of aliphatic hydroxyl groups is 1. The van der Waals surface area contributed by atoms with Crippen LogP contribution in [0.4, 0.5) is 0 Å². The number of hydrogen-bond donors (Lipinski definition) is 2. The number of allylic oxidation sites excluding steroid dienone is 2. The van der Waals surface area contributed by atoms with E-state index in [1.807, 2.05) is 0 Å². The van der Waals surface area contributed by atoms with E-state index in [2.05, 4.69) is 39.7 Å². The van der Waals surface area contributed by atoms with E-state index >= 15 is 0 Å². The Labute approximate surface area is 147 Å². The first-order valence-corrected chi connectivity index (χ1v) is 9.91. The first-order chi connectivity index (χ1) is 11.8. The fourth-order valence-corrected chi connectivity index (χ4v) is 2.85. The van der Waals surface area contributed by atoms with Crippen molar-refractivity contribution < 1.29 is 5.11 Å². The number of hydrogen-bond acceptors (Lipinski definition) is 4. The van der Waals surface area contributed by atoms with Gasteiger partial charge in [-0.05, 0) is 42.5 Å². The third kappa shape index (κ3) is 11.3. The van der Waals surface area contributed by atoms with E-state index in [0.29, 0.717) is 5.82 Å². The predicted octanol–water partition coefficient (Wildman–Crippen LogP) is 5.27. The minimum atomic E-state index is -0.551. The molecule has 1 heterocycles. The fourth-order valence-electron chi connectivity index (χ4n) is 2.85. The number of rotatable bonds is 16. The normalized spacial score (nSPS) is 12.9. The van der Waals surface area contributed by atoms with Crippen molar-refractivity contribution in [3.63, 3.8) is 0 Å². The first kappa shape index (κ1) is 20.8. The maximum absolute atomic E-state index is 9.83. The molecule has 1 atom stereocenters. The van der Waals surface area contributed by atoms with Gasteiger partial charge in [0.25, 0.3) is 0 Å². The lowest BCUT2D eigenvalue weighted by molar-refractivity contribution is 0.153. The van der Waals surface area contributed by atoms with Crippen LogP contribution < -0.4 is 0 Å². The van der Waals surface area contributed by atoms with E-state index in [-0.39, 0.29) is 0 Å². The molecular formula is C19H36N4O. The minimum Gasteiger partial charge on any atom is -0.385 e. The van der Waals surface area contributed by atoms with E-state index in [9.17, 15) is 5.11 Å². The Morgan fingerprint density at radius 1 is 0.875 bits per heavy atom. The summed E-state index contributed by atoms with van der Waals surface area (Å²) in [7, 11) is 0. The summed E-state index contributed by atoms with van der Waals surface area (Å²) in [5, 5.41) is 23.1. The standard InChI is InChI=1S/C19H36N4O/c1-2-3-4-5-6-7-8-9-10-11-12-13-14-15-16-17-18(24)19-20-22-23-21-19/h9-10,18,24H,2-8,11-17H2,1H3,(H,20,21,22,23)/b10-9-. The smallest absolute Gasteiger partial charge is 0.177 e. The molecule has 1 aromatic rings. The SMILES string of the molecule is CCCCCCCC/C=C\CCCCCCCC(O)c1nnn[nH]1. The number of unbranched alkanes of at least 4 members (excludes halogenated alkanes) is 11. The Morgan fingerprint density at radius 2 is 1.46 bits per heavy atom. The summed E-state index contributed by atoms with van der Waals surface area (Å²) < 4.78 is 0. The van der Waals surface area contributed by atoms with Crippen LogP contribution in [-0.2, 0) is 0 Å². The zero-order chi connectivity index (χ0) is 17.3. The number of nitrogens with one attached hydrogen (secondary N) is 1. The van der Waals surface area contributed by atoms with Crippen LogP contribution in [-0.4, -0.2) is 25.7 Å². The first-order valence-electron chi connectivity index (χ1n) is 9.91. The molecule has 0 aliphatic rings. The number of tetrazole rings is 1. The second-order valence-electron chi connectivity index (χ2n) is 6.68. The Hall–Kier alpha value is -1.23. The van der Waals surface area contributed by atoms with Crippen molar-refractivity contribution in [2.24, 2.45) is 0 Å². The van der Waals surface area contributed by atoms with Crippen molar-refractivity contribution in [1.29, 1.82) is 0 Å². The van der Waals surface area contributed by atoms with Crippen LogP contribution in [0.1, 0.15) is 109 Å². The van der Waals surface area contributed by atoms with Gasteiger partial charge in [-0.2, -0.15) is 0 Å². The number of H-pyrrole nitrogens is 1. The molecule has 0 saturated heterocycles. The third-order valence-corrected chi connectivity index (χ3v) is 4.42. The summed E-state index contributed by atoms with van der Waals surface area (Å²) in [5.41, 5.74) is 0. The molecule has 0 amide bonds. The Morgan fingerprint density at radius 3 is 2.04 bits per heavy atom. The Balaban J connectivity index is 1.79. The molecular weight excluding hydrogens is 300 g/mol. The molecule has 1 unspecified atom stereocenters. The molecule has 24 heavy (non-hydrogen) atoms. The predicted molar refractivity (Wildman–Crippen MR) is 98.6 cm³/mol. The summed E-state index contributed by atoms with van der Waals surface area (Å²) in [6.45, 7) is 2.27. The van der Waals surface area contributed by atoms with Gasteiger partial charge >= 0.3 is 0 Å². The molecule has 5 heteroatoms. The molecule has 2 N–H and O–H groups in total. The molecule has 0 aliphatic carbocycles. The number of aliphatic hydroxyl groups excluding tert-OH is 1. The van der Waals surface area contributed by atoms with Gasteiger partial charge in [-0.25, -0.2) is 5.10 Å². The lowest BCUT2D eigenvalue weighted by Gasteiger charge is -2.05. The topological polar surface area (TPSA) is 74.7 Å². The second-order valence-corrected chi connectivity index (χ2v) is 6.68. The summed E-state index contributed by atoms with van der Waals surface area (Å²) >= 11 is 0. The zero-order valence-electron chi connectivity index (χ0n) is 15.4. The molecule has 0 spiro atoms. The highest BCUT2D eigenvalue weighted by Crippen LogP contribution is 2.16. The molecule has 0 radical (unpaired) electrons. The van der Waals surface area contributed by atoms with Crippen molar-refractivity contribution in [3.05, 3.63) is 18.0 Å². The second kappa shape index (κ2) is 15.3. The highest BCUT2D eigenvalue weighted by atomic mass is 16.3. The number of aromatic nitrogens is 4. The highest BCUT2D eigenvalue weighted by Gasteiger charge is 2.10. The van der Waals surface area contributed by atoms with E-state index in [1.54, 1.807) is 0 Å². The zero-order valence-corrected chi connectivity index (χ0v) is 15.4. The van der Waals surface area contributed by atoms with E-state index < -0.39 is 6.10 Å². The van der Waals surface area contributed by atoms with Gasteiger partial charge in [0.2, 0.25) is 0 Å². The lowest BCUT2D eigenvalue weighted by atomic mass is 10.1. The molecule has 1 aromatic heterocycles. The maximum Gasteiger partial charge on any atom is 0.177 e.